The lowest BCUT2D eigenvalue weighted by atomic mass is 9.99. The number of para-hydroxylation sites is 1. The van der Waals surface area contributed by atoms with E-state index in [2.05, 4.69) is 0 Å². The Labute approximate surface area is 135 Å². The van der Waals surface area contributed by atoms with Gasteiger partial charge in [0.1, 0.15) is 17.1 Å². The van der Waals surface area contributed by atoms with Gasteiger partial charge < -0.3 is 9.52 Å². The maximum Gasteiger partial charge on any atom is 0.197 e. The van der Waals surface area contributed by atoms with Gasteiger partial charge in [-0.25, -0.2) is 0 Å². The molecule has 0 spiro atoms. The Morgan fingerprint density at radius 2 is 2.00 bits per heavy atom. The molecule has 1 N–H and O–H groups in total. The highest BCUT2D eigenvalue weighted by Gasteiger charge is 2.21. The minimum atomic E-state index is -0.0743. The van der Waals surface area contributed by atoms with Gasteiger partial charge >= 0.3 is 0 Å². The van der Waals surface area contributed by atoms with Crippen LogP contribution in [0.15, 0.2) is 46.9 Å². The van der Waals surface area contributed by atoms with Gasteiger partial charge in [-0.05, 0) is 46.9 Å². The summed E-state index contributed by atoms with van der Waals surface area (Å²) in [5, 5.41) is 10.4. The number of hydrogen-bond acceptors (Lipinski definition) is 3. The molecule has 1 heterocycles. The molecule has 1 aromatic heterocycles. The quantitative estimate of drug-likeness (QED) is 0.526. The van der Waals surface area contributed by atoms with E-state index < -0.39 is 0 Å². The third-order valence-corrected chi connectivity index (χ3v) is 4.29. The monoisotopic (exact) mass is 392 g/mol. The molecule has 106 valence electrons. The van der Waals surface area contributed by atoms with Crippen molar-refractivity contribution in [1.29, 1.82) is 0 Å². The van der Waals surface area contributed by atoms with E-state index in [0.717, 1.165) is 11.0 Å². The highest BCUT2D eigenvalue weighted by Crippen LogP contribution is 2.30. The van der Waals surface area contributed by atoms with E-state index in [9.17, 15) is 9.90 Å². The van der Waals surface area contributed by atoms with Crippen LogP contribution in [0.3, 0.4) is 0 Å². The maximum atomic E-state index is 12.8. The third-order valence-electron chi connectivity index (χ3n) is 3.43. The summed E-state index contributed by atoms with van der Waals surface area (Å²) in [6.45, 7) is 1.97. The molecular weight excluding hydrogens is 379 g/mol. The molecule has 0 atom stereocenters. The number of aromatic hydroxyl groups is 1. The van der Waals surface area contributed by atoms with E-state index in [0.29, 0.717) is 26.9 Å². The number of aryl methyl sites for hydroxylation is 1. The molecule has 4 heteroatoms. The van der Waals surface area contributed by atoms with Crippen molar-refractivity contribution in [1.82, 2.24) is 0 Å². The molecule has 0 aliphatic rings. The molecule has 0 aliphatic heterocycles. The Morgan fingerprint density at radius 3 is 2.71 bits per heavy atom. The number of halogens is 1. The smallest absolute Gasteiger partial charge is 0.197 e. The largest absolute Gasteiger partial charge is 0.507 e. The third kappa shape index (κ3) is 2.44. The topological polar surface area (TPSA) is 50.4 Å². The van der Waals surface area contributed by atoms with Crippen LogP contribution >= 0.6 is 22.6 Å². The number of hydrogen-bond donors (Lipinski definition) is 1. The van der Waals surface area contributed by atoms with Crippen LogP contribution in [-0.4, -0.2) is 10.9 Å². The minimum Gasteiger partial charge on any atom is -0.507 e. The van der Waals surface area contributed by atoms with Crippen LogP contribution in [0.2, 0.25) is 0 Å². The highest BCUT2D eigenvalue weighted by atomic mass is 127. The van der Waals surface area contributed by atoms with Crippen molar-refractivity contribution in [3.05, 3.63) is 62.9 Å². The Balaban J connectivity index is 2.18. The first kappa shape index (κ1) is 14.1. The van der Waals surface area contributed by atoms with Crippen LogP contribution in [0.1, 0.15) is 28.6 Å². The fraction of sp³-hybridized carbons (Fsp3) is 0.118. The molecule has 3 aromatic rings. The Bertz CT molecular complexity index is 833. The van der Waals surface area contributed by atoms with E-state index in [1.807, 2.05) is 53.8 Å². The SMILES string of the molecule is CCc1oc2ccccc2c1C(=O)c1ccc(O)c(I)c1. The van der Waals surface area contributed by atoms with Crippen molar-refractivity contribution in [2.75, 3.05) is 0 Å². The van der Waals surface area contributed by atoms with Gasteiger partial charge in [0.2, 0.25) is 0 Å². The van der Waals surface area contributed by atoms with Gasteiger partial charge in [0.15, 0.2) is 5.78 Å². The Hall–Kier alpha value is -1.82. The van der Waals surface area contributed by atoms with Crippen LogP contribution in [-0.2, 0) is 6.42 Å². The van der Waals surface area contributed by atoms with Gasteiger partial charge in [-0.3, -0.25) is 4.79 Å². The van der Waals surface area contributed by atoms with Gasteiger partial charge in [0, 0.05) is 17.4 Å². The minimum absolute atomic E-state index is 0.0743. The van der Waals surface area contributed by atoms with E-state index in [1.165, 1.54) is 0 Å². The van der Waals surface area contributed by atoms with E-state index in [1.54, 1.807) is 18.2 Å². The van der Waals surface area contributed by atoms with Gasteiger partial charge in [-0.1, -0.05) is 25.1 Å². The maximum absolute atomic E-state index is 12.8. The summed E-state index contributed by atoms with van der Waals surface area (Å²) in [7, 11) is 0. The standard InChI is InChI=1S/C17H13IO3/c1-2-14-16(11-5-3-4-6-15(11)21-14)17(20)10-7-8-13(19)12(18)9-10/h3-9,19H,2H2,1H3. The summed E-state index contributed by atoms with van der Waals surface area (Å²) < 4.78 is 6.43. The summed E-state index contributed by atoms with van der Waals surface area (Å²) in [4.78, 5) is 12.8. The molecule has 0 saturated carbocycles. The molecule has 3 nitrogen and oxygen atoms in total. The number of phenolic OH excluding ortho intramolecular Hbond substituents is 1. The molecule has 0 bridgehead atoms. The molecule has 0 unspecified atom stereocenters. The lowest BCUT2D eigenvalue weighted by Crippen LogP contribution is -2.03. The zero-order valence-electron chi connectivity index (χ0n) is 11.4. The van der Waals surface area contributed by atoms with E-state index >= 15 is 0 Å². The number of rotatable bonds is 3. The van der Waals surface area contributed by atoms with Crippen LogP contribution in [0.5, 0.6) is 5.75 Å². The van der Waals surface area contributed by atoms with Crippen molar-refractivity contribution in [2.24, 2.45) is 0 Å². The fourth-order valence-corrected chi connectivity index (χ4v) is 2.90. The van der Waals surface area contributed by atoms with Crippen molar-refractivity contribution >= 4 is 39.3 Å². The van der Waals surface area contributed by atoms with E-state index in [4.69, 9.17) is 4.42 Å². The first-order chi connectivity index (χ1) is 10.1. The van der Waals surface area contributed by atoms with Crippen molar-refractivity contribution in [3.63, 3.8) is 0 Å². The van der Waals surface area contributed by atoms with Crippen LogP contribution in [0, 0.1) is 3.57 Å². The average molecular weight is 392 g/mol. The predicted octanol–water partition coefficient (Wildman–Crippen LogP) is 4.54. The zero-order valence-corrected chi connectivity index (χ0v) is 13.5. The number of furan rings is 1. The molecule has 21 heavy (non-hydrogen) atoms. The Kier molecular flexibility index (Phi) is 3.71. The molecule has 0 fully saturated rings. The summed E-state index contributed by atoms with van der Waals surface area (Å²) in [5.74, 6) is 0.805. The molecular formula is C17H13IO3. The van der Waals surface area contributed by atoms with Gasteiger partial charge in [-0.2, -0.15) is 0 Å². The van der Waals surface area contributed by atoms with Crippen molar-refractivity contribution < 1.29 is 14.3 Å². The molecule has 0 aliphatic carbocycles. The number of phenols is 1. The number of fused-ring (bicyclic) bond motifs is 1. The predicted molar refractivity (Wildman–Crippen MR) is 89.8 cm³/mol. The Morgan fingerprint density at radius 1 is 1.24 bits per heavy atom. The summed E-state index contributed by atoms with van der Waals surface area (Å²) in [5.41, 5.74) is 1.90. The molecule has 2 aromatic carbocycles. The molecule has 0 radical (unpaired) electrons. The fourth-order valence-electron chi connectivity index (χ4n) is 2.39. The van der Waals surface area contributed by atoms with Crippen LogP contribution in [0.4, 0.5) is 0 Å². The van der Waals surface area contributed by atoms with Crippen molar-refractivity contribution in [3.8, 4) is 5.75 Å². The second-order valence-corrected chi connectivity index (χ2v) is 5.91. The molecule has 0 saturated heterocycles. The number of carbonyl (C=O) groups is 1. The van der Waals surface area contributed by atoms with Gasteiger partial charge in [-0.15, -0.1) is 0 Å². The zero-order chi connectivity index (χ0) is 15.0. The average Bonchev–Trinajstić information content (AvgIpc) is 2.87. The molecule has 3 rings (SSSR count). The van der Waals surface area contributed by atoms with Crippen molar-refractivity contribution in [2.45, 2.75) is 13.3 Å². The van der Waals surface area contributed by atoms with E-state index in [-0.39, 0.29) is 11.5 Å². The van der Waals surface area contributed by atoms with Crippen LogP contribution in [0.25, 0.3) is 11.0 Å². The first-order valence-electron chi connectivity index (χ1n) is 6.65. The summed E-state index contributed by atoms with van der Waals surface area (Å²) >= 11 is 2.01. The lowest BCUT2D eigenvalue weighted by molar-refractivity contribution is 0.103. The van der Waals surface area contributed by atoms with Gasteiger partial charge in [0.25, 0.3) is 0 Å². The summed E-state index contributed by atoms with van der Waals surface area (Å²) in [6, 6.07) is 12.4. The second kappa shape index (κ2) is 5.52. The number of benzene rings is 2. The normalized spacial score (nSPS) is 11.0. The number of carbonyl (C=O) groups excluding carboxylic acids is 1. The second-order valence-electron chi connectivity index (χ2n) is 4.75. The van der Waals surface area contributed by atoms with Crippen LogP contribution < -0.4 is 0 Å². The molecule has 0 amide bonds. The first-order valence-corrected chi connectivity index (χ1v) is 7.73. The highest BCUT2D eigenvalue weighted by molar-refractivity contribution is 14.1. The summed E-state index contributed by atoms with van der Waals surface area (Å²) in [6.07, 6.45) is 0.658. The lowest BCUT2D eigenvalue weighted by Gasteiger charge is -2.03. The number of ketones is 1. The van der Waals surface area contributed by atoms with Gasteiger partial charge in [0.05, 0.1) is 9.13 Å².